The zero-order chi connectivity index (χ0) is 14.7. The van der Waals surface area contributed by atoms with Crippen molar-refractivity contribution >= 4 is 27.4 Å². The van der Waals surface area contributed by atoms with E-state index in [1.54, 1.807) is 7.11 Å². The van der Waals surface area contributed by atoms with Crippen molar-refractivity contribution < 1.29 is 4.74 Å². The Balaban J connectivity index is 3.07. The molecule has 3 heteroatoms. The Hall–Kier alpha value is -0.806. The van der Waals surface area contributed by atoms with Crippen molar-refractivity contribution in [2.75, 3.05) is 7.11 Å². The van der Waals surface area contributed by atoms with E-state index < -0.39 is 16.1 Å². The zero-order valence-corrected chi connectivity index (χ0v) is 15.5. The highest BCUT2D eigenvalue weighted by molar-refractivity contribution is 6.89. The monoisotopic (exact) mass is 292 g/mol. The van der Waals surface area contributed by atoms with Crippen LogP contribution in [0.2, 0.25) is 45.3 Å². The summed E-state index contributed by atoms with van der Waals surface area (Å²) in [7, 11) is -0.594. The van der Waals surface area contributed by atoms with Gasteiger partial charge in [-0.25, -0.2) is 0 Å². The highest BCUT2D eigenvalue weighted by Gasteiger charge is 2.20. The van der Waals surface area contributed by atoms with Crippen LogP contribution in [0.3, 0.4) is 0 Å². The average Bonchev–Trinajstić information content (AvgIpc) is 2.26. The van der Waals surface area contributed by atoms with Crippen LogP contribution in [0.5, 0.6) is 5.75 Å². The van der Waals surface area contributed by atoms with E-state index in [4.69, 9.17) is 4.74 Å². The maximum absolute atomic E-state index is 5.37. The van der Waals surface area contributed by atoms with Crippen molar-refractivity contribution in [2.24, 2.45) is 0 Å². The first-order valence-electron chi connectivity index (χ1n) is 6.98. The summed E-state index contributed by atoms with van der Waals surface area (Å²) in [6.45, 7) is 14.4. The summed E-state index contributed by atoms with van der Waals surface area (Å²) in [5.41, 5.74) is 1.37. The summed E-state index contributed by atoms with van der Waals surface area (Å²) < 4.78 is 5.37. The molecule has 0 bridgehead atoms. The molecule has 0 aliphatic rings. The number of allylic oxidation sites excluding steroid dienone is 1. The Morgan fingerprint density at radius 1 is 1.05 bits per heavy atom. The predicted molar refractivity (Wildman–Crippen MR) is 93.2 cm³/mol. The lowest BCUT2D eigenvalue weighted by Gasteiger charge is -2.21. The van der Waals surface area contributed by atoms with Gasteiger partial charge in [0, 0.05) is 8.07 Å². The van der Waals surface area contributed by atoms with Crippen molar-refractivity contribution in [3.63, 3.8) is 0 Å². The standard InChI is InChI=1S/C16H28OSi2/c1-17-15-11-10-14(9-8-12-18(2,3)4)16(13-15)19(5,6)7/h8-11,13H,12H2,1-7H3. The first-order valence-corrected chi connectivity index (χ1v) is 14.2. The molecule has 1 nitrogen and oxygen atoms in total. The van der Waals surface area contributed by atoms with Crippen LogP contribution in [0, 0.1) is 0 Å². The number of rotatable bonds is 5. The molecule has 0 atom stereocenters. The molecule has 0 spiro atoms. The lowest BCUT2D eigenvalue weighted by Crippen LogP contribution is -2.39. The van der Waals surface area contributed by atoms with Gasteiger partial charge < -0.3 is 4.74 Å². The van der Waals surface area contributed by atoms with Crippen LogP contribution < -0.4 is 9.92 Å². The van der Waals surface area contributed by atoms with Gasteiger partial charge in [0.05, 0.1) is 15.2 Å². The summed E-state index contributed by atoms with van der Waals surface area (Å²) in [4.78, 5) is 0. The van der Waals surface area contributed by atoms with Gasteiger partial charge >= 0.3 is 0 Å². The van der Waals surface area contributed by atoms with Crippen LogP contribution in [-0.2, 0) is 0 Å². The molecule has 106 valence electrons. The molecule has 0 unspecified atom stereocenters. The number of ether oxygens (including phenoxy) is 1. The van der Waals surface area contributed by atoms with Crippen molar-refractivity contribution in [2.45, 2.75) is 45.3 Å². The fourth-order valence-corrected chi connectivity index (χ4v) is 4.43. The average molecular weight is 293 g/mol. The topological polar surface area (TPSA) is 9.23 Å². The van der Waals surface area contributed by atoms with Gasteiger partial charge in [-0.2, -0.15) is 0 Å². The maximum atomic E-state index is 5.37. The highest BCUT2D eigenvalue weighted by atomic mass is 28.3. The molecule has 1 rings (SSSR count). The highest BCUT2D eigenvalue weighted by Crippen LogP contribution is 2.17. The van der Waals surface area contributed by atoms with Crippen LogP contribution in [0.1, 0.15) is 5.56 Å². The predicted octanol–water partition coefficient (Wildman–Crippen LogP) is 4.59. The third kappa shape index (κ3) is 5.37. The van der Waals surface area contributed by atoms with Gasteiger partial charge in [0.15, 0.2) is 0 Å². The molecule has 0 aromatic heterocycles. The Labute approximate surface area is 120 Å². The lowest BCUT2D eigenvalue weighted by atomic mass is 10.2. The minimum absolute atomic E-state index is 0.972. The third-order valence-electron chi connectivity index (χ3n) is 3.10. The fourth-order valence-electron chi connectivity index (χ4n) is 2.00. The van der Waals surface area contributed by atoms with Crippen LogP contribution >= 0.6 is 0 Å². The fraction of sp³-hybridized carbons (Fsp3) is 0.500. The SMILES string of the molecule is COc1ccc(C=CC[Si](C)(C)C)c([Si](C)(C)C)c1. The van der Waals surface area contributed by atoms with Gasteiger partial charge in [-0.15, -0.1) is 0 Å². The van der Waals surface area contributed by atoms with Gasteiger partial charge in [-0.1, -0.05) is 57.5 Å². The van der Waals surface area contributed by atoms with Crippen LogP contribution in [0.4, 0.5) is 0 Å². The van der Waals surface area contributed by atoms with E-state index in [-0.39, 0.29) is 0 Å². The van der Waals surface area contributed by atoms with E-state index in [9.17, 15) is 0 Å². The molecule has 0 radical (unpaired) electrons. The zero-order valence-electron chi connectivity index (χ0n) is 13.5. The molecule has 0 saturated carbocycles. The number of benzene rings is 1. The van der Waals surface area contributed by atoms with Crippen molar-refractivity contribution in [3.8, 4) is 5.75 Å². The summed E-state index contributed by atoms with van der Waals surface area (Å²) >= 11 is 0. The smallest absolute Gasteiger partial charge is 0.118 e. The summed E-state index contributed by atoms with van der Waals surface area (Å²) in [5, 5.41) is 1.48. The Kier molecular flexibility index (Phi) is 5.21. The van der Waals surface area contributed by atoms with E-state index in [1.807, 2.05) is 0 Å². The van der Waals surface area contributed by atoms with E-state index in [0.717, 1.165) is 5.75 Å². The number of methoxy groups -OCH3 is 1. The second kappa shape index (κ2) is 6.10. The third-order valence-corrected chi connectivity index (χ3v) is 6.61. The molecule has 0 aliphatic carbocycles. The molecule has 1 aromatic carbocycles. The summed E-state index contributed by atoms with van der Waals surface area (Å²) in [6, 6.07) is 7.73. The summed E-state index contributed by atoms with van der Waals surface area (Å²) in [5.74, 6) is 0.972. The van der Waals surface area contributed by atoms with Gasteiger partial charge in [-0.05, 0) is 28.9 Å². The Morgan fingerprint density at radius 2 is 1.68 bits per heavy atom. The van der Waals surface area contributed by atoms with Gasteiger partial charge in [-0.3, -0.25) is 0 Å². The van der Waals surface area contributed by atoms with Gasteiger partial charge in [0.2, 0.25) is 0 Å². The minimum Gasteiger partial charge on any atom is -0.497 e. The van der Waals surface area contributed by atoms with Crippen molar-refractivity contribution in [1.29, 1.82) is 0 Å². The first-order chi connectivity index (χ1) is 8.63. The van der Waals surface area contributed by atoms with E-state index in [0.29, 0.717) is 0 Å². The van der Waals surface area contributed by atoms with Crippen LogP contribution in [0.25, 0.3) is 6.08 Å². The van der Waals surface area contributed by atoms with E-state index in [1.165, 1.54) is 16.8 Å². The van der Waals surface area contributed by atoms with Gasteiger partial charge in [0.25, 0.3) is 0 Å². The molecular weight excluding hydrogens is 264 g/mol. The van der Waals surface area contributed by atoms with Crippen LogP contribution in [-0.4, -0.2) is 23.3 Å². The second-order valence-electron chi connectivity index (χ2n) is 7.37. The van der Waals surface area contributed by atoms with Crippen molar-refractivity contribution in [3.05, 3.63) is 29.8 Å². The molecule has 1 aromatic rings. The lowest BCUT2D eigenvalue weighted by molar-refractivity contribution is 0.415. The first kappa shape index (κ1) is 16.2. The van der Waals surface area contributed by atoms with Crippen LogP contribution in [0.15, 0.2) is 24.3 Å². The normalized spacial score (nSPS) is 13.0. The van der Waals surface area contributed by atoms with E-state index in [2.05, 4.69) is 69.6 Å². The number of hydrogen-bond acceptors (Lipinski definition) is 1. The molecule has 19 heavy (non-hydrogen) atoms. The molecule has 0 aliphatic heterocycles. The number of hydrogen-bond donors (Lipinski definition) is 0. The molecule has 0 fully saturated rings. The Bertz CT molecular complexity index is 451. The van der Waals surface area contributed by atoms with E-state index >= 15 is 0 Å². The molecule has 0 heterocycles. The molecule has 0 amide bonds. The Morgan fingerprint density at radius 3 is 2.16 bits per heavy atom. The molecule has 0 N–H and O–H groups in total. The second-order valence-corrected chi connectivity index (χ2v) is 17.9. The summed E-state index contributed by atoms with van der Waals surface area (Å²) in [6.07, 6.45) is 4.67. The minimum atomic E-state index is -1.34. The van der Waals surface area contributed by atoms with Gasteiger partial charge in [0.1, 0.15) is 5.75 Å². The largest absolute Gasteiger partial charge is 0.497 e. The molecular formula is C16H28OSi2. The maximum Gasteiger partial charge on any atom is 0.118 e. The quantitative estimate of drug-likeness (QED) is 0.721. The molecule has 0 saturated heterocycles. The van der Waals surface area contributed by atoms with Crippen molar-refractivity contribution in [1.82, 2.24) is 0 Å².